The summed E-state index contributed by atoms with van der Waals surface area (Å²) in [7, 11) is 0. The standard InChI is InChI=1S/C15H21N3O3/c16-11-8-13(15(20)21)18(9-11)14(19)12(17)7-6-10-4-2-1-3-5-10/h1-5,11-13H,6-9,16-17H2,(H,20,21)/t11-,12-,13-/m0/s1. The fraction of sp³-hybridized carbons (Fsp3) is 0.467. The lowest BCUT2D eigenvalue weighted by atomic mass is 10.0. The van der Waals surface area contributed by atoms with Gasteiger partial charge in [0.2, 0.25) is 5.91 Å². The molecule has 5 N–H and O–H groups in total. The molecule has 0 radical (unpaired) electrons. The largest absolute Gasteiger partial charge is 0.480 e. The Morgan fingerprint density at radius 3 is 2.62 bits per heavy atom. The number of carbonyl (C=O) groups excluding carboxylic acids is 1. The number of carboxylic acid groups (broad SMARTS) is 1. The van der Waals surface area contributed by atoms with Gasteiger partial charge >= 0.3 is 5.97 Å². The van der Waals surface area contributed by atoms with E-state index < -0.39 is 18.1 Å². The van der Waals surface area contributed by atoms with Gasteiger partial charge in [-0.3, -0.25) is 4.79 Å². The topological polar surface area (TPSA) is 110 Å². The Morgan fingerprint density at radius 1 is 1.33 bits per heavy atom. The molecule has 0 spiro atoms. The van der Waals surface area contributed by atoms with E-state index >= 15 is 0 Å². The van der Waals surface area contributed by atoms with Crippen molar-refractivity contribution in [3.63, 3.8) is 0 Å². The van der Waals surface area contributed by atoms with Crippen LogP contribution in [0.5, 0.6) is 0 Å². The summed E-state index contributed by atoms with van der Waals surface area (Å²) < 4.78 is 0. The number of carbonyl (C=O) groups is 2. The number of aliphatic carboxylic acids is 1. The first-order valence-corrected chi connectivity index (χ1v) is 7.07. The maximum absolute atomic E-state index is 12.3. The Balaban J connectivity index is 1.94. The molecule has 0 bridgehead atoms. The number of nitrogens with zero attached hydrogens (tertiary/aromatic N) is 1. The van der Waals surface area contributed by atoms with Crippen LogP contribution >= 0.6 is 0 Å². The maximum Gasteiger partial charge on any atom is 0.326 e. The number of rotatable bonds is 5. The molecule has 21 heavy (non-hydrogen) atoms. The lowest BCUT2D eigenvalue weighted by Crippen LogP contribution is -2.49. The molecule has 3 atom stereocenters. The van der Waals surface area contributed by atoms with Gasteiger partial charge in [0.1, 0.15) is 6.04 Å². The SMILES string of the molecule is N[C@H]1C[C@@H](C(=O)O)N(C(=O)[C@@H](N)CCc2ccccc2)C1. The molecule has 1 aromatic rings. The van der Waals surface area contributed by atoms with Gasteiger partial charge in [0.15, 0.2) is 0 Å². The van der Waals surface area contributed by atoms with E-state index in [9.17, 15) is 9.59 Å². The first-order chi connectivity index (χ1) is 9.99. The highest BCUT2D eigenvalue weighted by Gasteiger charge is 2.39. The van der Waals surface area contributed by atoms with Crippen molar-refractivity contribution in [2.45, 2.75) is 37.4 Å². The third kappa shape index (κ3) is 3.80. The van der Waals surface area contributed by atoms with Gasteiger partial charge in [0, 0.05) is 12.6 Å². The Labute approximate surface area is 123 Å². The summed E-state index contributed by atoms with van der Waals surface area (Å²) >= 11 is 0. The normalized spacial score (nSPS) is 23.0. The van der Waals surface area contributed by atoms with Crippen molar-refractivity contribution in [2.24, 2.45) is 11.5 Å². The predicted molar refractivity (Wildman–Crippen MR) is 78.5 cm³/mol. The summed E-state index contributed by atoms with van der Waals surface area (Å²) in [6, 6.07) is 7.90. The molecule has 1 saturated heterocycles. The zero-order valence-electron chi connectivity index (χ0n) is 11.8. The molecule has 1 aromatic carbocycles. The minimum absolute atomic E-state index is 0.259. The van der Waals surface area contributed by atoms with Gasteiger partial charge < -0.3 is 21.5 Å². The molecule has 1 aliphatic rings. The third-order valence-corrected chi connectivity index (χ3v) is 3.81. The molecule has 114 valence electrons. The predicted octanol–water partition coefficient (Wildman–Crippen LogP) is -0.0407. The molecule has 2 rings (SSSR count). The molecule has 0 aliphatic carbocycles. The van der Waals surface area contributed by atoms with Gasteiger partial charge in [-0.1, -0.05) is 30.3 Å². The average molecular weight is 291 g/mol. The lowest BCUT2D eigenvalue weighted by Gasteiger charge is -2.24. The molecule has 0 aromatic heterocycles. The quantitative estimate of drug-likeness (QED) is 0.705. The van der Waals surface area contributed by atoms with Crippen molar-refractivity contribution < 1.29 is 14.7 Å². The van der Waals surface area contributed by atoms with Crippen molar-refractivity contribution in [3.05, 3.63) is 35.9 Å². The van der Waals surface area contributed by atoms with Crippen molar-refractivity contribution in [1.82, 2.24) is 4.90 Å². The van der Waals surface area contributed by atoms with Crippen LogP contribution < -0.4 is 11.5 Å². The summed E-state index contributed by atoms with van der Waals surface area (Å²) in [4.78, 5) is 24.8. The summed E-state index contributed by atoms with van der Waals surface area (Å²) in [5.41, 5.74) is 12.8. The zero-order valence-corrected chi connectivity index (χ0v) is 11.8. The monoisotopic (exact) mass is 291 g/mol. The van der Waals surface area contributed by atoms with Gasteiger partial charge in [-0.15, -0.1) is 0 Å². The summed E-state index contributed by atoms with van der Waals surface area (Å²) in [5.74, 6) is -1.35. The maximum atomic E-state index is 12.3. The highest BCUT2D eigenvalue weighted by atomic mass is 16.4. The second-order valence-corrected chi connectivity index (χ2v) is 5.47. The van der Waals surface area contributed by atoms with E-state index in [-0.39, 0.29) is 24.9 Å². The zero-order chi connectivity index (χ0) is 15.4. The van der Waals surface area contributed by atoms with Gasteiger partial charge in [-0.25, -0.2) is 4.79 Å². The van der Waals surface area contributed by atoms with Gasteiger partial charge in [-0.2, -0.15) is 0 Å². The molecule has 0 saturated carbocycles. The van der Waals surface area contributed by atoms with Crippen molar-refractivity contribution in [1.29, 1.82) is 0 Å². The Bertz CT molecular complexity index is 506. The molecule has 1 heterocycles. The molecule has 1 amide bonds. The molecule has 1 fully saturated rings. The van der Waals surface area contributed by atoms with Gasteiger partial charge in [0.05, 0.1) is 6.04 Å². The van der Waals surface area contributed by atoms with Crippen LogP contribution in [0.15, 0.2) is 30.3 Å². The van der Waals surface area contributed by atoms with Gasteiger partial charge in [0.25, 0.3) is 0 Å². The number of benzene rings is 1. The first kappa shape index (κ1) is 15.5. The Kier molecular flexibility index (Phi) is 4.93. The number of nitrogens with two attached hydrogens (primary N) is 2. The summed E-state index contributed by atoms with van der Waals surface area (Å²) in [5, 5.41) is 9.15. The van der Waals surface area contributed by atoms with Crippen LogP contribution in [0.25, 0.3) is 0 Å². The van der Waals surface area contributed by atoms with Crippen LogP contribution in [0, 0.1) is 0 Å². The minimum Gasteiger partial charge on any atom is -0.480 e. The molecule has 6 nitrogen and oxygen atoms in total. The second kappa shape index (κ2) is 6.69. The van der Waals surface area contributed by atoms with E-state index in [1.807, 2.05) is 30.3 Å². The third-order valence-electron chi connectivity index (χ3n) is 3.81. The number of aryl methyl sites for hydroxylation is 1. The number of likely N-dealkylation sites (tertiary alicyclic amines) is 1. The molecule has 1 aliphatic heterocycles. The highest BCUT2D eigenvalue weighted by molar-refractivity contribution is 5.87. The van der Waals surface area contributed by atoms with Crippen LogP contribution in [-0.4, -0.2) is 46.6 Å². The first-order valence-electron chi connectivity index (χ1n) is 7.07. The fourth-order valence-electron chi connectivity index (χ4n) is 2.65. The van der Waals surface area contributed by atoms with E-state index in [1.165, 1.54) is 4.90 Å². The number of carboxylic acids is 1. The highest BCUT2D eigenvalue weighted by Crippen LogP contribution is 2.18. The van der Waals surface area contributed by atoms with Crippen LogP contribution in [0.3, 0.4) is 0 Å². The lowest BCUT2D eigenvalue weighted by molar-refractivity contribution is -0.148. The molecular formula is C15H21N3O3. The Morgan fingerprint density at radius 2 is 2.00 bits per heavy atom. The van der Waals surface area contributed by atoms with Crippen molar-refractivity contribution >= 4 is 11.9 Å². The van der Waals surface area contributed by atoms with Gasteiger partial charge in [-0.05, 0) is 24.8 Å². The molecule has 0 unspecified atom stereocenters. The fourth-order valence-corrected chi connectivity index (χ4v) is 2.65. The molecule has 6 heteroatoms. The smallest absolute Gasteiger partial charge is 0.326 e. The van der Waals surface area contributed by atoms with Crippen molar-refractivity contribution in [3.8, 4) is 0 Å². The van der Waals surface area contributed by atoms with E-state index in [4.69, 9.17) is 16.6 Å². The van der Waals surface area contributed by atoms with E-state index in [1.54, 1.807) is 0 Å². The van der Waals surface area contributed by atoms with Crippen LogP contribution in [-0.2, 0) is 16.0 Å². The van der Waals surface area contributed by atoms with Crippen molar-refractivity contribution in [2.75, 3.05) is 6.54 Å². The number of amides is 1. The number of hydrogen-bond donors (Lipinski definition) is 3. The minimum atomic E-state index is -1.02. The summed E-state index contributed by atoms with van der Waals surface area (Å²) in [6.07, 6.45) is 1.46. The molecular weight excluding hydrogens is 270 g/mol. The van der Waals surface area contributed by atoms with E-state index in [0.717, 1.165) is 5.56 Å². The number of hydrogen-bond acceptors (Lipinski definition) is 4. The average Bonchev–Trinajstić information content (AvgIpc) is 2.87. The van der Waals surface area contributed by atoms with Crippen LogP contribution in [0.2, 0.25) is 0 Å². The van der Waals surface area contributed by atoms with E-state index in [0.29, 0.717) is 12.8 Å². The van der Waals surface area contributed by atoms with Crippen LogP contribution in [0.4, 0.5) is 0 Å². The Hall–Kier alpha value is -1.92. The second-order valence-electron chi connectivity index (χ2n) is 5.47. The van der Waals surface area contributed by atoms with Crippen LogP contribution in [0.1, 0.15) is 18.4 Å². The van der Waals surface area contributed by atoms with E-state index in [2.05, 4.69) is 0 Å². The summed E-state index contributed by atoms with van der Waals surface area (Å²) in [6.45, 7) is 0.259.